The second-order valence-corrected chi connectivity index (χ2v) is 10.3. The molecule has 0 radical (unpaired) electrons. The molecule has 1 amide bonds. The Balaban J connectivity index is 1.75. The minimum absolute atomic E-state index is 0.0414. The van der Waals surface area contributed by atoms with Crippen LogP contribution < -0.4 is 5.32 Å². The van der Waals surface area contributed by atoms with E-state index in [4.69, 9.17) is 37.8 Å². The lowest BCUT2D eigenvalue weighted by Crippen LogP contribution is -2.12. The van der Waals surface area contributed by atoms with E-state index in [0.717, 1.165) is 24.2 Å². The van der Waals surface area contributed by atoms with E-state index in [-0.39, 0.29) is 31.9 Å². The highest BCUT2D eigenvalue weighted by atomic mass is 35.5. The Morgan fingerprint density at radius 2 is 1.95 bits per heavy atom. The Morgan fingerprint density at radius 1 is 1.23 bits per heavy atom. The summed E-state index contributed by atoms with van der Waals surface area (Å²) >= 11 is 13.7. The van der Waals surface area contributed by atoms with Crippen LogP contribution >= 0.6 is 34.5 Å². The lowest BCUT2D eigenvalue weighted by atomic mass is 10.0. The number of aromatic nitrogens is 1. The summed E-state index contributed by atoms with van der Waals surface area (Å²) in [7, 11) is 1.54. The van der Waals surface area contributed by atoms with E-state index < -0.39 is 23.8 Å². The number of benzene rings is 2. The number of nitrogens with one attached hydrogen (secondary N) is 1. The van der Waals surface area contributed by atoms with Gasteiger partial charge in [0.2, 0.25) is 0 Å². The molecule has 0 bridgehead atoms. The van der Waals surface area contributed by atoms with Crippen molar-refractivity contribution in [1.82, 2.24) is 4.98 Å². The van der Waals surface area contributed by atoms with E-state index in [2.05, 4.69) is 17.2 Å². The van der Waals surface area contributed by atoms with E-state index in [9.17, 15) is 9.59 Å². The largest absolute Gasteiger partial charge is 0.478 e. The number of hydrogen-bond donors (Lipinski definition) is 2. The smallest absolute Gasteiger partial charge is 0.331 e. The number of carbonyl (C=O) groups is 2. The Bertz CT molecular complexity index is 1340. The van der Waals surface area contributed by atoms with Crippen molar-refractivity contribution in [2.24, 2.45) is 0 Å². The van der Waals surface area contributed by atoms with E-state index in [1.165, 1.54) is 32.2 Å². The Hall–Kier alpha value is -2.82. The van der Waals surface area contributed by atoms with Gasteiger partial charge >= 0.3 is 5.97 Å². The molecule has 7 nitrogen and oxygen atoms in total. The van der Waals surface area contributed by atoms with Crippen LogP contribution in [0.4, 0.5) is 9.52 Å². The average molecular weight is 596 g/mol. The zero-order valence-corrected chi connectivity index (χ0v) is 24.1. The fourth-order valence-electron chi connectivity index (χ4n) is 3.69. The molecule has 2 N–H and O–H groups in total. The SMILES string of the molecule is CCCCOCCC(OC)c1cccc(-c2csc(NC(=O)c3cc(Cl)c(C=C(C)C(=O)O)c(Cl)c3)n2)c1F. The summed E-state index contributed by atoms with van der Waals surface area (Å²) in [6.07, 6.45) is 3.38. The topological polar surface area (TPSA) is 97.8 Å². The highest BCUT2D eigenvalue weighted by Crippen LogP contribution is 2.33. The number of rotatable bonds is 13. The van der Waals surface area contributed by atoms with Crippen LogP contribution in [-0.2, 0) is 14.3 Å². The van der Waals surface area contributed by atoms with Crippen LogP contribution in [0.15, 0.2) is 41.3 Å². The van der Waals surface area contributed by atoms with Crippen LogP contribution in [0.2, 0.25) is 10.0 Å². The molecule has 1 aromatic heterocycles. The van der Waals surface area contributed by atoms with Crippen LogP contribution in [0.5, 0.6) is 0 Å². The second-order valence-electron chi connectivity index (χ2n) is 8.67. The molecule has 0 saturated carbocycles. The van der Waals surface area contributed by atoms with Gasteiger partial charge in [0.25, 0.3) is 5.91 Å². The summed E-state index contributed by atoms with van der Waals surface area (Å²) in [6, 6.07) is 7.81. The molecule has 0 aliphatic rings. The monoisotopic (exact) mass is 594 g/mol. The fourth-order valence-corrected chi connectivity index (χ4v) is 4.99. The van der Waals surface area contributed by atoms with Gasteiger partial charge in [0.1, 0.15) is 5.82 Å². The quantitative estimate of drug-likeness (QED) is 0.154. The Kier molecular flexibility index (Phi) is 11.4. The van der Waals surface area contributed by atoms with Gasteiger partial charge in [-0.2, -0.15) is 0 Å². The summed E-state index contributed by atoms with van der Waals surface area (Å²) in [6.45, 7) is 4.61. The van der Waals surface area contributed by atoms with Crippen molar-refractivity contribution in [3.8, 4) is 11.3 Å². The van der Waals surface area contributed by atoms with Gasteiger partial charge in [-0.15, -0.1) is 11.3 Å². The molecule has 1 atom stereocenters. The van der Waals surface area contributed by atoms with Crippen molar-refractivity contribution in [2.45, 2.75) is 39.2 Å². The van der Waals surface area contributed by atoms with Crippen molar-refractivity contribution in [3.63, 3.8) is 0 Å². The van der Waals surface area contributed by atoms with Crippen molar-refractivity contribution in [1.29, 1.82) is 0 Å². The maximum Gasteiger partial charge on any atom is 0.331 e. The second kappa shape index (κ2) is 14.5. The number of carboxylic acid groups (broad SMARTS) is 1. The molecule has 0 aliphatic carbocycles. The van der Waals surface area contributed by atoms with Crippen molar-refractivity contribution >= 4 is 57.6 Å². The number of unbranched alkanes of at least 4 members (excludes halogenated alkanes) is 1. The maximum absolute atomic E-state index is 15.5. The first kappa shape index (κ1) is 30.7. The molecule has 1 unspecified atom stereocenters. The normalized spacial score (nSPS) is 12.4. The third-order valence-electron chi connectivity index (χ3n) is 5.87. The summed E-state index contributed by atoms with van der Waals surface area (Å²) in [5.41, 5.74) is 1.55. The third-order valence-corrected chi connectivity index (χ3v) is 7.25. The Labute approximate surface area is 240 Å². The minimum Gasteiger partial charge on any atom is -0.478 e. The fraction of sp³-hybridized carbons (Fsp3) is 0.321. The molecular weight excluding hydrogens is 566 g/mol. The van der Waals surface area contributed by atoms with Crippen molar-refractivity contribution in [2.75, 3.05) is 25.6 Å². The van der Waals surface area contributed by atoms with E-state index in [1.54, 1.807) is 23.6 Å². The van der Waals surface area contributed by atoms with Crippen LogP contribution in [0.3, 0.4) is 0 Å². The summed E-state index contributed by atoms with van der Waals surface area (Å²) in [4.78, 5) is 28.3. The molecule has 208 valence electrons. The van der Waals surface area contributed by atoms with Gasteiger partial charge in [0.15, 0.2) is 5.13 Å². The lowest BCUT2D eigenvalue weighted by molar-refractivity contribution is -0.132. The number of ether oxygens (including phenoxy) is 2. The molecular formula is C28H29Cl2FN2O5S. The van der Waals surface area contributed by atoms with Gasteiger partial charge in [-0.3, -0.25) is 10.1 Å². The third kappa shape index (κ3) is 8.09. The van der Waals surface area contributed by atoms with E-state index >= 15 is 4.39 Å². The van der Waals surface area contributed by atoms with Gasteiger partial charge in [-0.1, -0.05) is 48.7 Å². The first-order chi connectivity index (χ1) is 18.7. The molecule has 39 heavy (non-hydrogen) atoms. The van der Waals surface area contributed by atoms with Crippen LogP contribution in [0.25, 0.3) is 17.3 Å². The number of halogens is 3. The number of methoxy groups -OCH3 is 1. The number of thiazole rings is 1. The highest BCUT2D eigenvalue weighted by Gasteiger charge is 2.20. The van der Waals surface area contributed by atoms with Gasteiger partial charge in [0, 0.05) is 60.0 Å². The van der Waals surface area contributed by atoms with Gasteiger partial charge < -0.3 is 14.6 Å². The maximum atomic E-state index is 15.5. The molecule has 11 heteroatoms. The van der Waals surface area contributed by atoms with Gasteiger partial charge in [0.05, 0.1) is 21.8 Å². The van der Waals surface area contributed by atoms with E-state index in [0.29, 0.717) is 36.5 Å². The minimum atomic E-state index is -1.11. The van der Waals surface area contributed by atoms with Crippen molar-refractivity contribution < 1.29 is 28.6 Å². The molecule has 2 aromatic carbocycles. The number of aliphatic carboxylic acids is 1. The first-order valence-electron chi connectivity index (χ1n) is 12.2. The summed E-state index contributed by atoms with van der Waals surface area (Å²) < 4.78 is 26.7. The lowest BCUT2D eigenvalue weighted by Gasteiger charge is -2.17. The number of carboxylic acids is 1. The standard InChI is InChI=1S/C28H29Cl2FN2O5S/c1-4-5-10-38-11-9-24(37-3)19-8-6-7-18(25(19)31)23-15-39-28(32-23)33-26(34)17-13-21(29)20(22(30)14-17)12-16(2)27(35)36/h6-8,12-15,24H,4-5,9-11H2,1-3H3,(H,35,36)(H,32,33,34). The number of carbonyl (C=O) groups excluding carboxylic acids is 1. The predicted molar refractivity (Wildman–Crippen MR) is 153 cm³/mol. The molecule has 0 fully saturated rings. The van der Waals surface area contributed by atoms with Gasteiger partial charge in [-0.25, -0.2) is 14.2 Å². The molecule has 0 aliphatic heterocycles. The van der Waals surface area contributed by atoms with Crippen molar-refractivity contribution in [3.05, 3.63) is 73.8 Å². The molecule has 0 spiro atoms. The van der Waals surface area contributed by atoms with Crippen LogP contribution in [-0.4, -0.2) is 42.3 Å². The zero-order valence-electron chi connectivity index (χ0n) is 21.7. The summed E-state index contributed by atoms with van der Waals surface area (Å²) in [5, 5.41) is 13.9. The molecule has 0 saturated heterocycles. The molecule has 3 aromatic rings. The summed E-state index contributed by atoms with van der Waals surface area (Å²) in [5.74, 6) is -2.08. The highest BCUT2D eigenvalue weighted by molar-refractivity contribution is 7.14. The van der Waals surface area contributed by atoms with Gasteiger partial charge in [-0.05, 0) is 37.6 Å². The molecule has 1 heterocycles. The average Bonchev–Trinajstić information content (AvgIpc) is 3.36. The Morgan fingerprint density at radius 3 is 2.59 bits per heavy atom. The zero-order chi connectivity index (χ0) is 28.5. The molecule has 3 rings (SSSR count). The number of hydrogen-bond acceptors (Lipinski definition) is 6. The number of nitrogens with zero attached hydrogens (tertiary/aromatic N) is 1. The van der Waals surface area contributed by atoms with E-state index in [1.807, 2.05) is 0 Å². The van der Waals surface area contributed by atoms with Crippen LogP contribution in [0, 0.1) is 5.82 Å². The predicted octanol–water partition coefficient (Wildman–Crippen LogP) is 7.89. The van der Waals surface area contributed by atoms with Crippen LogP contribution in [0.1, 0.15) is 60.7 Å². The number of anilines is 1. The number of amides is 1. The first-order valence-corrected chi connectivity index (χ1v) is 13.9.